The smallest absolute Gasteiger partial charge is 0.265 e. The van der Waals surface area contributed by atoms with Gasteiger partial charge in [-0.15, -0.1) is 4.83 Å². The Kier molecular flexibility index (Phi) is 5.06. The number of ether oxygens (including phenoxy) is 1. The first-order valence-corrected chi connectivity index (χ1v) is 9.04. The molecule has 2 aromatic carbocycles. The third-order valence-electron chi connectivity index (χ3n) is 3.62. The van der Waals surface area contributed by atoms with Crippen LogP contribution in [0.15, 0.2) is 47.4 Å². The molecule has 0 spiro atoms. The zero-order valence-electron chi connectivity index (χ0n) is 13.6. The molecule has 2 N–H and O–H groups in total. The van der Waals surface area contributed by atoms with Gasteiger partial charge in [-0.05, 0) is 30.3 Å². The van der Waals surface area contributed by atoms with Gasteiger partial charge in [0.05, 0.1) is 5.69 Å². The highest BCUT2D eigenvalue weighted by Gasteiger charge is 2.28. The van der Waals surface area contributed by atoms with Gasteiger partial charge in [0.1, 0.15) is 28.8 Å². The van der Waals surface area contributed by atoms with E-state index in [-0.39, 0.29) is 6.61 Å². The highest BCUT2D eigenvalue weighted by atomic mass is 32.2. The summed E-state index contributed by atoms with van der Waals surface area (Å²) in [6.45, 7) is -0.780. The lowest BCUT2D eigenvalue weighted by Gasteiger charge is -2.28. The van der Waals surface area contributed by atoms with Crippen molar-refractivity contribution >= 4 is 27.5 Å². The second kappa shape index (κ2) is 7.29. The molecule has 0 aromatic heterocycles. The average molecular weight is 397 g/mol. The lowest BCUT2D eigenvalue weighted by atomic mass is 10.2. The monoisotopic (exact) mass is 397 g/mol. The van der Waals surface area contributed by atoms with Crippen LogP contribution in [0.1, 0.15) is 0 Å². The number of hydrogen-bond acceptors (Lipinski definition) is 5. The van der Waals surface area contributed by atoms with E-state index >= 15 is 0 Å². The molecule has 0 bridgehead atoms. The number of hydrogen-bond donors (Lipinski definition) is 2. The summed E-state index contributed by atoms with van der Waals surface area (Å²) >= 11 is 0. The molecule has 0 saturated carbocycles. The molecule has 0 saturated heterocycles. The van der Waals surface area contributed by atoms with Gasteiger partial charge in [0.2, 0.25) is 0 Å². The minimum atomic E-state index is -4.55. The summed E-state index contributed by atoms with van der Waals surface area (Å²) in [5.41, 5.74) is 2.22. The van der Waals surface area contributed by atoms with Crippen LogP contribution in [0.2, 0.25) is 0 Å². The lowest BCUT2D eigenvalue weighted by molar-refractivity contribution is -0.125. The fourth-order valence-corrected chi connectivity index (χ4v) is 3.32. The molecule has 0 fully saturated rings. The van der Waals surface area contributed by atoms with Gasteiger partial charge in [0, 0.05) is 0 Å². The number of benzene rings is 2. The van der Waals surface area contributed by atoms with E-state index in [2.05, 4.69) is 0 Å². The van der Waals surface area contributed by atoms with Gasteiger partial charge in [-0.25, -0.2) is 17.2 Å². The number of hydrazine groups is 1. The fraction of sp³-hybridized carbons (Fsp3) is 0.125. The highest BCUT2D eigenvalue weighted by molar-refractivity contribution is 7.89. The maximum absolute atomic E-state index is 13.6. The van der Waals surface area contributed by atoms with Crippen LogP contribution < -0.4 is 19.9 Å². The molecule has 0 radical (unpaired) electrons. The van der Waals surface area contributed by atoms with Gasteiger partial charge in [-0.1, -0.05) is 12.1 Å². The van der Waals surface area contributed by atoms with Crippen molar-refractivity contribution in [3.63, 3.8) is 0 Å². The molecular weight excluding hydrogens is 384 g/mol. The Hall–Kier alpha value is -3.05. The lowest BCUT2D eigenvalue weighted by Crippen LogP contribution is -2.49. The molecule has 142 valence electrons. The Balaban J connectivity index is 1.70. The van der Waals surface area contributed by atoms with E-state index in [0.29, 0.717) is 23.6 Å². The molecule has 27 heavy (non-hydrogen) atoms. The number of halogens is 2. The minimum absolute atomic E-state index is 0.273. The van der Waals surface area contributed by atoms with Gasteiger partial charge in [-0.3, -0.25) is 19.9 Å². The van der Waals surface area contributed by atoms with Crippen molar-refractivity contribution in [2.24, 2.45) is 0 Å². The van der Waals surface area contributed by atoms with Crippen molar-refractivity contribution in [2.75, 3.05) is 18.1 Å². The maximum atomic E-state index is 13.6. The van der Waals surface area contributed by atoms with Crippen LogP contribution >= 0.6 is 0 Å². The Morgan fingerprint density at radius 1 is 1.19 bits per heavy atom. The van der Waals surface area contributed by atoms with Crippen LogP contribution in [0.4, 0.5) is 14.5 Å². The van der Waals surface area contributed by atoms with E-state index in [1.54, 1.807) is 29.1 Å². The zero-order valence-corrected chi connectivity index (χ0v) is 14.4. The summed E-state index contributed by atoms with van der Waals surface area (Å²) in [4.78, 5) is 25.9. The molecule has 0 atom stereocenters. The predicted molar refractivity (Wildman–Crippen MR) is 89.1 cm³/mol. The van der Waals surface area contributed by atoms with Gasteiger partial charge in [-0.2, -0.15) is 0 Å². The summed E-state index contributed by atoms with van der Waals surface area (Å²) in [6, 6.07) is 8.39. The van der Waals surface area contributed by atoms with Crippen molar-refractivity contribution in [3.8, 4) is 5.75 Å². The standard InChI is InChI=1S/C16H13F2N3O5S/c17-10-5-6-11(18)14(7-10)27(24,25)20-19-15(22)8-21-12-3-1-2-4-13(12)26-9-16(21)23/h1-7,20H,8-9H2,(H,19,22). The molecule has 2 amide bonds. The van der Waals surface area contributed by atoms with Gasteiger partial charge in [0.15, 0.2) is 6.61 Å². The number of carbonyl (C=O) groups is 2. The summed E-state index contributed by atoms with van der Waals surface area (Å²) < 4.78 is 56.1. The van der Waals surface area contributed by atoms with Crippen molar-refractivity contribution in [3.05, 3.63) is 54.1 Å². The molecule has 0 unspecified atom stereocenters. The zero-order chi connectivity index (χ0) is 19.6. The van der Waals surface area contributed by atoms with Crippen molar-refractivity contribution in [1.29, 1.82) is 0 Å². The topological polar surface area (TPSA) is 105 Å². The van der Waals surface area contributed by atoms with Crippen LogP contribution in [-0.4, -0.2) is 33.4 Å². The Labute approximate surface area is 152 Å². The summed E-state index contributed by atoms with van der Waals surface area (Å²) in [6.07, 6.45) is 0. The van der Waals surface area contributed by atoms with E-state index < -0.39 is 44.9 Å². The molecule has 0 aliphatic carbocycles. The number of nitrogens with one attached hydrogen (secondary N) is 2. The normalized spacial score (nSPS) is 13.7. The second-order valence-electron chi connectivity index (χ2n) is 5.46. The van der Waals surface area contributed by atoms with E-state index in [9.17, 15) is 26.8 Å². The van der Waals surface area contributed by atoms with Crippen LogP contribution in [0.5, 0.6) is 5.75 Å². The molecular formula is C16H13F2N3O5S. The molecule has 2 aromatic rings. The third-order valence-corrected chi connectivity index (χ3v) is 4.88. The molecule has 11 heteroatoms. The van der Waals surface area contributed by atoms with Crippen LogP contribution in [0, 0.1) is 11.6 Å². The first-order chi connectivity index (χ1) is 12.8. The van der Waals surface area contributed by atoms with Crippen LogP contribution in [-0.2, 0) is 19.6 Å². The molecule has 3 rings (SSSR count). The van der Waals surface area contributed by atoms with E-state index in [4.69, 9.17) is 4.74 Å². The van der Waals surface area contributed by atoms with Crippen molar-refractivity contribution in [2.45, 2.75) is 4.90 Å². The first kappa shape index (κ1) is 18.7. The summed E-state index contributed by atoms with van der Waals surface area (Å²) in [5.74, 6) is -3.13. The first-order valence-electron chi connectivity index (χ1n) is 7.56. The number of fused-ring (bicyclic) bond motifs is 1. The molecule has 1 aliphatic heterocycles. The Morgan fingerprint density at radius 3 is 2.70 bits per heavy atom. The van der Waals surface area contributed by atoms with Gasteiger partial charge >= 0.3 is 0 Å². The number of sulfonamides is 1. The van der Waals surface area contributed by atoms with E-state index in [1.807, 2.05) is 5.43 Å². The molecule has 1 heterocycles. The molecule has 1 aliphatic rings. The summed E-state index contributed by atoms with van der Waals surface area (Å²) in [7, 11) is -4.55. The van der Waals surface area contributed by atoms with Crippen molar-refractivity contribution < 1.29 is 31.5 Å². The Bertz CT molecular complexity index is 1010. The number of anilines is 1. The van der Waals surface area contributed by atoms with Crippen LogP contribution in [0.3, 0.4) is 0 Å². The number of amides is 2. The average Bonchev–Trinajstić information content (AvgIpc) is 2.64. The highest BCUT2D eigenvalue weighted by Crippen LogP contribution is 2.31. The number of carbonyl (C=O) groups excluding carboxylic acids is 2. The number of rotatable bonds is 5. The van der Waals surface area contributed by atoms with Crippen molar-refractivity contribution in [1.82, 2.24) is 10.3 Å². The van der Waals surface area contributed by atoms with E-state index in [1.165, 1.54) is 0 Å². The number of nitrogens with zero attached hydrogens (tertiary/aromatic N) is 1. The summed E-state index contributed by atoms with van der Waals surface area (Å²) in [5, 5.41) is 0. The van der Waals surface area contributed by atoms with Gasteiger partial charge < -0.3 is 4.74 Å². The largest absolute Gasteiger partial charge is 0.482 e. The quantitative estimate of drug-likeness (QED) is 0.723. The van der Waals surface area contributed by atoms with Gasteiger partial charge in [0.25, 0.3) is 21.8 Å². The SMILES string of the molecule is O=C(CN1C(=O)COc2ccccc21)NNS(=O)(=O)c1cc(F)ccc1F. The predicted octanol–water partition coefficient (Wildman–Crippen LogP) is 0.700. The second-order valence-corrected chi connectivity index (χ2v) is 7.12. The van der Waals surface area contributed by atoms with E-state index in [0.717, 1.165) is 11.0 Å². The maximum Gasteiger partial charge on any atom is 0.265 e. The minimum Gasteiger partial charge on any atom is -0.482 e. The molecule has 8 nitrogen and oxygen atoms in total. The Morgan fingerprint density at radius 2 is 1.93 bits per heavy atom. The van der Waals surface area contributed by atoms with Crippen LogP contribution in [0.25, 0.3) is 0 Å². The fourth-order valence-electron chi connectivity index (χ4n) is 2.37. The third kappa shape index (κ3) is 4.04. The number of para-hydroxylation sites is 2.